The number of nitrogens with one attached hydrogen (secondary N) is 1. The molecule has 0 bridgehead atoms. The Morgan fingerprint density at radius 3 is 2.15 bits per heavy atom. The number of hydrogen-bond acceptors (Lipinski definition) is 5. The Balaban J connectivity index is 1.46. The largest absolute Gasteiger partial charge is 0.496 e. The Hall–Kier alpha value is -3.65. The molecule has 0 saturated carbocycles. The van der Waals surface area contributed by atoms with Gasteiger partial charge in [0.05, 0.1) is 29.5 Å². The molecule has 0 spiro atoms. The number of para-hydroxylation sites is 2. The van der Waals surface area contributed by atoms with Gasteiger partial charge < -0.3 is 19.9 Å². The van der Waals surface area contributed by atoms with Gasteiger partial charge in [0.15, 0.2) is 0 Å². The van der Waals surface area contributed by atoms with Gasteiger partial charge in [-0.1, -0.05) is 24.3 Å². The Kier molecular flexibility index (Phi) is 7.04. The summed E-state index contributed by atoms with van der Waals surface area (Å²) < 4.78 is 5.33. The number of benzene rings is 2. The molecule has 33 heavy (non-hydrogen) atoms. The van der Waals surface area contributed by atoms with E-state index in [-0.39, 0.29) is 17.7 Å². The third kappa shape index (κ3) is 5.06. The summed E-state index contributed by atoms with van der Waals surface area (Å²) >= 11 is 1.44. The lowest BCUT2D eigenvalue weighted by Gasteiger charge is -2.23. The van der Waals surface area contributed by atoms with Gasteiger partial charge in [-0.15, -0.1) is 0 Å². The normalized spacial score (nSPS) is 13.8. The molecule has 2 aromatic carbocycles. The number of rotatable bonds is 5. The molecule has 3 aromatic rings. The molecular formula is C25H25N3O4S. The Morgan fingerprint density at radius 1 is 0.848 bits per heavy atom. The maximum Gasteiger partial charge on any atom is 0.257 e. The lowest BCUT2D eigenvalue weighted by atomic mass is 10.1. The monoisotopic (exact) mass is 463 g/mol. The molecule has 1 N–H and O–H groups in total. The Morgan fingerprint density at radius 2 is 1.48 bits per heavy atom. The summed E-state index contributed by atoms with van der Waals surface area (Å²) in [5.74, 6) is 0.0175. The fraction of sp³-hybridized carbons (Fsp3) is 0.240. The zero-order chi connectivity index (χ0) is 23.2. The van der Waals surface area contributed by atoms with Crippen molar-refractivity contribution in [3.8, 4) is 5.75 Å². The van der Waals surface area contributed by atoms with E-state index in [0.29, 0.717) is 60.7 Å². The second-order valence-electron chi connectivity index (χ2n) is 7.65. The van der Waals surface area contributed by atoms with Gasteiger partial charge in [0.25, 0.3) is 17.7 Å². The molecule has 1 saturated heterocycles. The van der Waals surface area contributed by atoms with Gasteiger partial charge in [-0.25, -0.2) is 0 Å². The van der Waals surface area contributed by atoms with E-state index in [4.69, 9.17) is 4.74 Å². The van der Waals surface area contributed by atoms with Crippen LogP contribution < -0.4 is 10.1 Å². The minimum atomic E-state index is -0.249. The second-order valence-corrected chi connectivity index (χ2v) is 8.43. The first kappa shape index (κ1) is 22.5. The minimum absolute atomic E-state index is 0.106. The van der Waals surface area contributed by atoms with Crippen molar-refractivity contribution in [1.82, 2.24) is 9.80 Å². The van der Waals surface area contributed by atoms with Crippen LogP contribution in [0.1, 0.15) is 37.5 Å². The minimum Gasteiger partial charge on any atom is -0.496 e. The van der Waals surface area contributed by atoms with Crippen molar-refractivity contribution in [2.45, 2.75) is 6.42 Å². The Bertz CT molecular complexity index is 1150. The topological polar surface area (TPSA) is 79.0 Å². The van der Waals surface area contributed by atoms with Crippen molar-refractivity contribution in [3.05, 3.63) is 82.0 Å². The van der Waals surface area contributed by atoms with Crippen molar-refractivity contribution in [1.29, 1.82) is 0 Å². The average Bonchev–Trinajstić information content (AvgIpc) is 3.28. The highest BCUT2D eigenvalue weighted by molar-refractivity contribution is 7.08. The van der Waals surface area contributed by atoms with Crippen molar-refractivity contribution in [3.63, 3.8) is 0 Å². The van der Waals surface area contributed by atoms with E-state index in [1.54, 1.807) is 64.8 Å². The number of hydrogen-bond donors (Lipinski definition) is 1. The van der Waals surface area contributed by atoms with Crippen LogP contribution in [0.3, 0.4) is 0 Å². The number of ether oxygens (including phenoxy) is 1. The number of anilines is 1. The number of thiophene rings is 1. The van der Waals surface area contributed by atoms with Gasteiger partial charge in [0.1, 0.15) is 5.75 Å². The van der Waals surface area contributed by atoms with Crippen LogP contribution in [0.5, 0.6) is 5.75 Å². The van der Waals surface area contributed by atoms with E-state index in [0.717, 1.165) is 0 Å². The number of nitrogens with zero attached hydrogens (tertiary/aromatic N) is 2. The molecule has 3 amide bonds. The Labute approximate surface area is 196 Å². The van der Waals surface area contributed by atoms with E-state index in [1.165, 1.54) is 11.3 Å². The van der Waals surface area contributed by atoms with Crippen molar-refractivity contribution < 1.29 is 19.1 Å². The fourth-order valence-corrected chi connectivity index (χ4v) is 4.49. The van der Waals surface area contributed by atoms with Gasteiger partial charge in [-0.05, 0) is 42.1 Å². The van der Waals surface area contributed by atoms with Crippen LogP contribution in [0, 0.1) is 0 Å². The number of methoxy groups -OCH3 is 1. The van der Waals surface area contributed by atoms with Crippen LogP contribution in [-0.4, -0.2) is 60.8 Å². The van der Waals surface area contributed by atoms with E-state index in [2.05, 4.69) is 5.32 Å². The molecule has 7 nitrogen and oxygen atoms in total. The second kappa shape index (κ2) is 10.3. The van der Waals surface area contributed by atoms with E-state index in [9.17, 15) is 14.4 Å². The van der Waals surface area contributed by atoms with E-state index in [1.807, 2.05) is 17.5 Å². The van der Waals surface area contributed by atoms with Crippen LogP contribution in [0.2, 0.25) is 0 Å². The van der Waals surface area contributed by atoms with Gasteiger partial charge in [-0.2, -0.15) is 11.3 Å². The van der Waals surface area contributed by atoms with Crippen LogP contribution in [0.25, 0.3) is 0 Å². The van der Waals surface area contributed by atoms with E-state index >= 15 is 0 Å². The highest BCUT2D eigenvalue weighted by Gasteiger charge is 2.26. The van der Waals surface area contributed by atoms with Crippen molar-refractivity contribution in [2.75, 3.05) is 38.6 Å². The van der Waals surface area contributed by atoms with Crippen molar-refractivity contribution >= 4 is 34.7 Å². The summed E-state index contributed by atoms with van der Waals surface area (Å²) in [6.45, 7) is 1.91. The summed E-state index contributed by atoms with van der Waals surface area (Å²) in [6.07, 6.45) is 0.663. The SMILES string of the molecule is COc1ccccc1C(=O)N1CCCN(C(=O)c2ccccc2NC(=O)c2ccsc2)CC1. The molecular weight excluding hydrogens is 438 g/mol. The predicted molar refractivity (Wildman–Crippen MR) is 128 cm³/mol. The third-order valence-electron chi connectivity index (χ3n) is 5.60. The first-order valence-corrected chi connectivity index (χ1v) is 11.7. The zero-order valence-corrected chi connectivity index (χ0v) is 19.1. The fourth-order valence-electron chi connectivity index (χ4n) is 3.85. The molecule has 1 aromatic heterocycles. The highest BCUT2D eigenvalue weighted by atomic mass is 32.1. The molecule has 1 fully saturated rings. The summed E-state index contributed by atoms with van der Waals surface area (Å²) in [5.41, 5.74) is 1.99. The molecule has 0 unspecified atom stereocenters. The lowest BCUT2D eigenvalue weighted by molar-refractivity contribution is 0.0717. The molecule has 1 aliphatic rings. The van der Waals surface area contributed by atoms with Gasteiger partial charge in [0, 0.05) is 31.6 Å². The van der Waals surface area contributed by atoms with Crippen LogP contribution in [-0.2, 0) is 0 Å². The maximum absolute atomic E-state index is 13.3. The first-order chi connectivity index (χ1) is 16.1. The average molecular weight is 464 g/mol. The lowest BCUT2D eigenvalue weighted by Crippen LogP contribution is -2.37. The number of amides is 3. The predicted octanol–water partition coefficient (Wildman–Crippen LogP) is 4.00. The first-order valence-electron chi connectivity index (χ1n) is 10.7. The summed E-state index contributed by atoms with van der Waals surface area (Å²) in [4.78, 5) is 42.4. The van der Waals surface area contributed by atoms with Crippen LogP contribution in [0.4, 0.5) is 5.69 Å². The standard InChI is InChI=1S/C25H25N3O4S/c1-32-22-10-5-3-8-20(22)25(31)28-13-6-12-27(14-15-28)24(30)19-7-2-4-9-21(19)26-23(29)18-11-16-33-17-18/h2-5,7-11,16-17H,6,12-15H2,1H3,(H,26,29). The summed E-state index contributed by atoms with van der Waals surface area (Å²) in [6, 6.07) is 15.9. The molecule has 1 aliphatic heterocycles. The van der Waals surface area contributed by atoms with Gasteiger partial charge in [0.2, 0.25) is 0 Å². The molecule has 0 atom stereocenters. The summed E-state index contributed by atoms with van der Waals surface area (Å²) in [7, 11) is 1.55. The molecule has 2 heterocycles. The quantitative estimate of drug-likeness (QED) is 0.620. The number of carbonyl (C=O) groups is 3. The molecule has 170 valence electrons. The van der Waals surface area contributed by atoms with Crippen LogP contribution in [0.15, 0.2) is 65.4 Å². The number of carbonyl (C=O) groups excluding carboxylic acids is 3. The molecule has 0 aliphatic carbocycles. The summed E-state index contributed by atoms with van der Waals surface area (Å²) in [5, 5.41) is 6.45. The van der Waals surface area contributed by atoms with Gasteiger partial charge >= 0.3 is 0 Å². The van der Waals surface area contributed by atoms with Gasteiger partial charge in [-0.3, -0.25) is 14.4 Å². The smallest absolute Gasteiger partial charge is 0.257 e. The van der Waals surface area contributed by atoms with Crippen LogP contribution >= 0.6 is 11.3 Å². The molecule has 4 rings (SSSR count). The molecule has 8 heteroatoms. The van der Waals surface area contributed by atoms with Crippen molar-refractivity contribution in [2.24, 2.45) is 0 Å². The molecule has 0 radical (unpaired) electrons. The highest BCUT2D eigenvalue weighted by Crippen LogP contribution is 2.22. The third-order valence-corrected chi connectivity index (χ3v) is 6.28. The zero-order valence-electron chi connectivity index (χ0n) is 18.3. The van der Waals surface area contributed by atoms with E-state index < -0.39 is 0 Å². The maximum atomic E-state index is 13.3.